The lowest BCUT2D eigenvalue weighted by molar-refractivity contribution is -0.115. The molecular weight excluding hydrogens is 422 g/mol. The first-order valence-corrected chi connectivity index (χ1v) is 9.67. The van der Waals surface area contributed by atoms with E-state index in [1.165, 1.54) is 21.1 Å². The Bertz CT molecular complexity index is 1210. The normalized spacial score (nSPS) is 16.8. The van der Waals surface area contributed by atoms with Crippen molar-refractivity contribution in [3.05, 3.63) is 62.9 Å². The SMILES string of the molecule is CN1/C(=C/C(=O)Cn2cnc3c(c(Br)nn3C)c2=O)C(C)(C)c2ccccc21. The fraction of sp³-hybridized carbons (Fsp3) is 0.300. The lowest BCUT2D eigenvalue weighted by Crippen LogP contribution is -2.27. The number of halogens is 1. The van der Waals surface area contributed by atoms with Gasteiger partial charge in [-0.3, -0.25) is 14.2 Å². The van der Waals surface area contributed by atoms with Gasteiger partial charge in [0.2, 0.25) is 0 Å². The summed E-state index contributed by atoms with van der Waals surface area (Å²) < 4.78 is 3.28. The Hall–Kier alpha value is -2.74. The molecule has 1 aliphatic rings. The molecule has 3 aromatic rings. The minimum absolute atomic E-state index is 0.0765. The highest BCUT2D eigenvalue weighted by molar-refractivity contribution is 9.10. The molecule has 0 saturated carbocycles. The Morgan fingerprint density at radius 3 is 2.68 bits per heavy atom. The molecule has 3 heterocycles. The van der Waals surface area contributed by atoms with Gasteiger partial charge in [0.05, 0.1) is 6.54 Å². The Balaban J connectivity index is 1.69. The number of hydrogen-bond donors (Lipinski definition) is 0. The van der Waals surface area contributed by atoms with Gasteiger partial charge in [-0.15, -0.1) is 0 Å². The van der Waals surface area contributed by atoms with Crippen LogP contribution in [0.1, 0.15) is 19.4 Å². The van der Waals surface area contributed by atoms with Gasteiger partial charge in [-0.1, -0.05) is 32.0 Å². The monoisotopic (exact) mass is 441 g/mol. The third kappa shape index (κ3) is 2.71. The molecule has 0 amide bonds. The molecule has 1 aromatic carbocycles. The van der Waals surface area contributed by atoms with Crippen LogP contribution in [-0.2, 0) is 23.8 Å². The number of ketones is 1. The van der Waals surface area contributed by atoms with Crippen molar-refractivity contribution in [2.75, 3.05) is 11.9 Å². The van der Waals surface area contributed by atoms with E-state index in [0.717, 1.165) is 11.4 Å². The summed E-state index contributed by atoms with van der Waals surface area (Å²) in [6.45, 7) is 4.12. The van der Waals surface area contributed by atoms with Gasteiger partial charge < -0.3 is 4.90 Å². The molecule has 0 spiro atoms. The number of aromatic nitrogens is 4. The molecule has 1 aliphatic heterocycles. The minimum Gasteiger partial charge on any atom is -0.347 e. The molecule has 0 atom stereocenters. The van der Waals surface area contributed by atoms with Crippen molar-refractivity contribution < 1.29 is 4.79 Å². The van der Waals surface area contributed by atoms with E-state index in [4.69, 9.17) is 0 Å². The van der Waals surface area contributed by atoms with Gasteiger partial charge >= 0.3 is 0 Å². The van der Waals surface area contributed by atoms with Crippen LogP contribution in [0, 0.1) is 0 Å². The average molecular weight is 442 g/mol. The Kier molecular flexibility index (Phi) is 4.26. The fourth-order valence-corrected chi connectivity index (χ4v) is 4.46. The quantitative estimate of drug-likeness (QED) is 0.584. The predicted molar refractivity (Wildman–Crippen MR) is 111 cm³/mol. The highest BCUT2D eigenvalue weighted by atomic mass is 79.9. The second-order valence-electron chi connectivity index (χ2n) is 7.49. The van der Waals surface area contributed by atoms with Crippen LogP contribution in [0.15, 0.2) is 51.8 Å². The second-order valence-corrected chi connectivity index (χ2v) is 8.24. The number of carbonyl (C=O) groups excluding carboxylic acids is 1. The van der Waals surface area contributed by atoms with Crippen molar-refractivity contribution >= 4 is 38.4 Å². The largest absolute Gasteiger partial charge is 0.347 e. The summed E-state index contributed by atoms with van der Waals surface area (Å²) in [4.78, 5) is 31.9. The maximum absolute atomic E-state index is 12.8. The second kappa shape index (κ2) is 6.41. The van der Waals surface area contributed by atoms with E-state index >= 15 is 0 Å². The Morgan fingerprint density at radius 1 is 1.25 bits per heavy atom. The maximum atomic E-state index is 12.8. The van der Waals surface area contributed by atoms with Crippen molar-refractivity contribution in [2.45, 2.75) is 25.8 Å². The number of benzene rings is 1. The first kappa shape index (κ1) is 18.6. The molecule has 28 heavy (non-hydrogen) atoms. The van der Waals surface area contributed by atoms with Crippen molar-refractivity contribution in [3.63, 3.8) is 0 Å². The zero-order valence-electron chi connectivity index (χ0n) is 16.1. The molecule has 144 valence electrons. The summed E-state index contributed by atoms with van der Waals surface area (Å²) in [6.07, 6.45) is 3.03. The number of aryl methyl sites for hydroxylation is 1. The molecule has 4 rings (SSSR count). The van der Waals surface area contributed by atoms with Crippen LogP contribution in [0.5, 0.6) is 0 Å². The van der Waals surface area contributed by atoms with Gasteiger partial charge in [-0.2, -0.15) is 5.10 Å². The first-order valence-electron chi connectivity index (χ1n) is 8.87. The number of fused-ring (bicyclic) bond motifs is 2. The first-order chi connectivity index (χ1) is 13.2. The zero-order valence-corrected chi connectivity index (χ0v) is 17.7. The van der Waals surface area contributed by atoms with E-state index in [9.17, 15) is 9.59 Å². The molecule has 0 aliphatic carbocycles. The van der Waals surface area contributed by atoms with E-state index < -0.39 is 0 Å². The summed E-state index contributed by atoms with van der Waals surface area (Å²) in [5.74, 6) is -0.161. The molecule has 0 N–H and O–H groups in total. The van der Waals surface area contributed by atoms with Gasteiger partial charge in [0, 0.05) is 37.0 Å². The number of likely N-dealkylation sites (N-methyl/N-ethyl adjacent to an activating group) is 1. The van der Waals surface area contributed by atoms with Crippen LogP contribution in [0.4, 0.5) is 5.69 Å². The smallest absolute Gasteiger partial charge is 0.266 e. The third-order valence-electron chi connectivity index (χ3n) is 5.33. The molecular formula is C20H20BrN5O2. The Morgan fingerprint density at radius 2 is 1.96 bits per heavy atom. The zero-order chi connectivity index (χ0) is 20.2. The van der Waals surface area contributed by atoms with Gasteiger partial charge in [-0.05, 0) is 27.6 Å². The van der Waals surface area contributed by atoms with Crippen LogP contribution in [-0.4, -0.2) is 32.2 Å². The number of anilines is 1. The molecule has 0 fully saturated rings. The molecule has 7 nitrogen and oxygen atoms in total. The minimum atomic E-state index is -0.293. The topological polar surface area (TPSA) is 73.0 Å². The van der Waals surface area contributed by atoms with Crippen LogP contribution in [0.25, 0.3) is 11.0 Å². The molecule has 0 saturated heterocycles. The van der Waals surface area contributed by atoms with E-state index in [1.807, 2.05) is 30.1 Å². The lowest BCUT2D eigenvalue weighted by atomic mass is 9.83. The van der Waals surface area contributed by atoms with Crippen LogP contribution < -0.4 is 10.5 Å². The number of para-hydroxylation sites is 1. The summed E-state index contributed by atoms with van der Waals surface area (Å²) in [7, 11) is 3.67. The van der Waals surface area contributed by atoms with E-state index in [2.05, 4.69) is 45.9 Å². The summed E-state index contributed by atoms with van der Waals surface area (Å²) in [6, 6.07) is 8.12. The van der Waals surface area contributed by atoms with Gasteiger partial charge in [-0.25, -0.2) is 9.67 Å². The fourth-order valence-electron chi connectivity index (χ4n) is 3.87. The number of nitrogens with zero attached hydrogens (tertiary/aromatic N) is 5. The molecule has 8 heteroatoms. The molecule has 2 aromatic heterocycles. The van der Waals surface area contributed by atoms with Crippen molar-refractivity contribution in [3.8, 4) is 0 Å². The average Bonchev–Trinajstić information content (AvgIpc) is 3.04. The van der Waals surface area contributed by atoms with Crippen LogP contribution >= 0.6 is 15.9 Å². The van der Waals surface area contributed by atoms with E-state index in [0.29, 0.717) is 15.6 Å². The maximum Gasteiger partial charge on any atom is 0.266 e. The highest BCUT2D eigenvalue weighted by Crippen LogP contribution is 2.46. The summed E-state index contributed by atoms with van der Waals surface area (Å²) >= 11 is 3.29. The highest BCUT2D eigenvalue weighted by Gasteiger charge is 2.38. The van der Waals surface area contributed by atoms with Gasteiger partial charge in [0.25, 0.3) is 5.56 Å². The number of carbonyl (C=O) groups is 1. The summed E-state index contributed by atoms with van der Waals surface area (Å²) in [5.41, 5.74) is 3.07. The number of allylic oxidation sites excluding steroid dienone is 2. The Labute approximate surface area is 170 Å². The van der Waals surface area contributed by atoms with Crippen molar-refractivity contribution in [1.82, 2.24) is 19.3 Å². The number of hydrogen-bond acceptors (Lipinski definition) is 5. The van der Waals surface area contributed by atoms with Gasteiger partial charge in [0.1, 0.15) is 16.3 Å². The van der Waals surface area contributed by atoms with Crippen molar-refractivity contribution in [2.24, 2.45) is 7.05 Å². The number of rotatable bonds is 3. The lowest BCUT2D eigenvalue weighted by Gasteiger charge is -2.24. The van der Waals surface area contributed by atoms with Crippen molar-refractivity contribution in [1.29, 1.82) is 0 Å². The predicted octanol–water partition coefficient (Wildman–Crippen LogP) is 2.77. The van der Waals surface area contributed by atoms with E-state index in [1.54, 1.807) is 13.1 Å². The third-order valence-corrected chi connectivity index (χ3v) is 5.89. The van der Waals surface area contributed by atoms with Crippen LogP contribution in [0.2, 0.25) is 0 Å². The molecule has 0 radical (unpaired) electrons. The summed E-state index contributed by atoms with van der Waals surface area (Å²) in [5, 5.41) is 4.53. The van der Waals surface area contributed by atoms with E-state index in [-0.39, 0.29) is 23.3 Å². The molecule has 0 unspecified atom stereocenters. The van der Waals surface area contributed by atoms with Gasteiger partial charge in [0.15, 0.2) is 11.4 Å². The standard InChI is InChI=1S/C20H20BrN5O2/c1-20(2)13-7-5-6-8-14(13)24(3)15(20)9-12(27)10-26-11-22-18-16(19(26)28)17(21)23-25(18)4/h5-9,11H,10H2,1-4H3/b15-9+. The van der Waals surface area contributed by atoms with Crippen LogP contribution in [0.3, 0.4) is 0 Å². The molecule has 0 bridgehead atoms.